The Morgan fingerprint density at radius 1 is 1.30 bits per heavy atom. The third-order valence-corrected chi connectivity index (χ3v) is 4.68. The molecule has 0 aliphatic carbocycles. The van der Waals surface area contributed by atoms with Crippen LogP contribution in [-0.4, -0.2) is 46.0 Å². The van der Waals surface area contributed by atoms with E-state index in [2.05, 4.69) is 20.4 Å². The third-order valence-electron chi connectivity index (χ3n) is 4.68. The van der Waals surface area contributed by atoms with Crippen LogP contribution in [0.3, 0.4) is 0 Å². The molecular weight excluding hydrogens is 340 g/mol. The number of nitrogens with zero attached hydrogens (tertiary/aromatic N) is 2. The molecule has 1 aromatic rings. The van der Waals surface area contributed by atoms with Crippen molar-refractivity contribution in [2.24, 2.45) is 5.92 Å². The van der Waals surface area contributed by atoms with Crippen LogP contribution in [0, 0.1) is 5.92 Å². The topological polar surface area (TPSA) is 49.9 Å². The molecule has 0 radical (unpaired) electrons. The van der Waals surface area contributed by atoms with Crippen molar-refractivity contribution in [2.75, 3.05) is 6.54 Å². The van der Waals surface area contributed by atoms with Gasteiger partial charge in [-0.1, -0.05) is 50.3 Å². The lowest BCUT2D eigenvalue weighted by Gasteiger charge is -2.47. The molecule has 27 heavy (non-hydrogen) atoms. The Balaban J connectivity index is 2.32. The lowest BCUT2D eigenvalue weighted by Crippen LogP contribution is -2.65. The Labute approximate surface area is 163 Å². The van der Waals surface area contributed by atoms with Crippen molar-refractivity contribution in [3.8, 4) is 0 Å². The predicted octanol–water partition coefficient (Wildman–Crippen LogP) is 4.24. The van der Waals surface area contributed by atoms with Gasteiger partial charge in [-0.15, -0.1) is 6.58 Å². The number of hydrogen-bond donors (Lipinski definition) is 0. The normalized spacial score (nSPS) is 20.7. The Kier molecular flexibility index (Phi) is 6.68. The van der Waals surface area contributed by atoms with Crippen molar-refractivity contribution in [3.05, 3.63) is 48.6 Å². The molecule has 1 saturated heterocycles. The maximum Gasteiger partial charge on any atom is 0.411 e. The maximum atomic E-state index is 13.2. The Hall–Kier alpha value is -2.30. The lowest BCUT2D eigenvalue weighted by atomic mass is 9.94. The Morgan fingerprint density at radius 2 is 1.93 bits per heavy atom. The third kappa shape index (κ3) is 5.34. The van der Waals surface area contributed by atoms with Crippen molar-refractivity contribution in [1.29, 1.82) is 0 Å². The molecule has 148 valence electrons. The first-order chi connectivity index (χ1) is 12.6. The zero-order chi connectivity index (χ0) is 20.2. The van der Waals surface area contributed by atoms with E-state index in [0.29, 0.717) is 19.5 Å². The molecule has 1 fully saturated rings. The monoisotopic (exact) mass is 372 g/mol. The van der Waals surface area contributed by atoms with Crippen LogP contribution in [0.2, 0.25) is 0 Å². The molecule has 1 heterocycles. The van der Waals surface area contributed by atoms with Crippen molar-refractivity contribution in [3.63, 3.8) is 0 Å². The van der Waals surface area contributed by atoms with E-state index in [1.165, 1.54) is 0 Å². The van der Waals surface area contributed by atoms with Crippen LogP contribution in [0.1, 0.15) is 46.6 Å². The van der Waals surface area contributed by atoms with E-state index in [1.807, 2.05) is 56.0 Å². The molecule has 1 aliphatic rings. The van der Waals surface area contributed by atoms with E-state index in [9.17, 15) is 9.59 Å². The van der Waals surface area contributed by atoms with Gasteiger partial charge in [0.2, 0.25) is 5.91 Å². The number of carbonyl (C=O) groups excluding carboxylic acids is 2. The van der Waals surface area contributed by atoms with Crippen LogP contribution in [0.15, 0.2) is 43.0 Å². The molecular formula is C22H32N2O3. The number of rotatable bonds is 5. The average molecular weight is 373 g/mol. The highest BCUT2D eigenvalue weighted by Gasteiger charge is 2.45. The van der Waals surface area contributed by atoms with Crippen LogP contribution >= 0.6 is 0 Å². The first-order valence-electron chi connectivity index (χ1n) is 9.59. The highest BCUT2D eigenvalue weighted by Crippen LogP contribution is 2.28. The molecule has 0 bridgehead atoms. The van der Waals surface area contributed by atoms with Gasteiger partial charge in [0.25, 0.3) is 0 Å². The largest absolute Gasteiger partial charge is 0.444 e. The van der Waals surface area contributed by atoms with Gasteiger partial charge in [-0.05, 0) is 38.7 Å². The van der Waals surface area contributed by atoms with Gasteiger partial charge in [0.1, 0.15) is 11.6 Å². The number of hydrogen-bond acceptors (Lipinski definition) is 3. The van der Waals surface area contributed by atoms with E-state index in [4.69, 9.17) is 4.74 Å². The van der Waals surface area contributed by atoms with E-state index in [1.54, 1.807) is 11.0 Å². The molecule has 0 aromatic heterocycles. The molecule has 5 nitrogen and oxygen atoms in total. The number of piperazine rings is 1. The van der Waals surface area contributed by atoms with Gasteiger partial charge in [0.15, 0.2) is 0 Å². The molecule has 0 N–H and O–H groups in total. The minimum absolute atomic E-state index is 0.0542. The van der Waals surface area contributed by atoms with Crippen LogP contribution in [0.25, 0.3) is 0 Å². The standard InChI is InChI=1S/C22H32N2O3/c1-7-11-18-20(25)23(14-17-12-9-8-10-13-17)15-19(16(2)3)24(18)21(26)27-22(4,5)6/h7-10,12-13,16,18-19H,1,11,14-15H2,2-6H3/t18-,19+/m0/s1. The maximum absolute atomic E-state index is 13.2. The first-order valence-corrected chi connectivity index (χ1v) is 9.59. The lowest BCUT2D eigenvalue weighted by molar-refractivity contribution is -0.146. The summed E-state index contributed by atoms with van der Waals surface area (Å²) in [6, 6.07) is 9.24. The summed E-state index contributed by atoms with van der Waals surface area (Å²) >= 11 is 0. The van der Waals surface area contributed by atoms with Gasteiger partial charge < -0.3 is 9.64 Å². The summed E-state index contributed by atoms with van der Waals surface area (Å²) in [6.07, 6.45) is 1.68. The van der Waals surface area contributed by atoms with E-state index < -0.39 is 17.7 Å². The Morgan fingerprint density at radius 3 is 2.44 bits per heavy atom. The quantitative estimate of drug-likeness (QED) is 0.727. The SMILES string of the molecule is C=CC[C@H]1C(=O)N(Cc2ccccc2)C[C@H](C(C)C)N1C(=O)OC(C)(C)C. The summed E-state index contributed by atoms with van der Waals surface area (Å²) < 4.78 is 5.62. The molecule has 5 heteroatoms. The van der Waals surface area contributed by atoms with Crippen LogP contribution in [0.5, 0.6) is 0 Å². The number of amides is 2. The zero-order valence-corrected chi connectivity index (χ0v) is 17.1. The smallest absolute Gasteiger partial charge is 0.411 e. The average Bonchev–Trinajstić information content (AvgIpc) is 2.57. The fourth-order valence-corrected chi connectivity index (χ4v) is 3.39. The van der Waals surface area contributed by atoms with Crippen molar-refractivity contribution in [1.82, 2.24) is 9.80 Å². The summed E-state index contributed by atoms with van der Waals surface area (Å²) in [5, 5.41) is 0. The second kappa shape index (κ2) is 8.59. The van der Waals surface area contributed by atoms with Crippen LogP contribution in [-0.2, 0) is 16.1 Å². The predicted molar refractivity (Wildman–Crippen MR) is 107 cm³/mol. The molecule has 0 unspecified atom stereocenters. The highest BCUT2D eigenvalue weighted by atomic mass is 16.6. The summed E-state index contributed by atoms with van der Waals surface area (Å²) in [5.41, 5.74) is 0.470. The molecule has 2 rings (SSSR count). The van der Waals surface area contributed by atoms with E-state index >= 15 is 0 Å². The van der Waals surface area contributed by atoms with Gasteiger partial charge in [0.05, 0.1) is 6.04 Å². The van der Waals surface area contributed by atoms with Crippen LogP contribution in [0.4, 0.5) is 4.79 Å². The molecule has 2 amide bonds. The van der Waals surface area contributed by atoms with Gasteiger partial charge in [-0.3, -0.25) is 9.69 Å². The second-order valence-electron chi connectivity index (χ2n) is 8.44. The Bertz CT molecular complexity index is 664. The first kappa shape index (κ1) is 21.0. The van der Waals surface area contributed by atoms with E-state index in [-0.39, 0.29) is 17.9 Å². The minimum atomic E-state index is -0.610. The summed E-state index contributed by atoms with van der Waals surface area (Å²) in [5.74, 6) is 0.137. The molecule has 2 atom stereocenters. The summed E-state index contributed by atoms with van der Waals surface area (Å²) in [4.78, 5) is 29.6. The van der Waals surface area contributed by atoms with Crippen molar-refractivity contribution >= 4 is 12.0 Å². The van der Waals surface area contributed by atoms with Crippen molar-refractivity contribution in [2.45, 2.75) is 65.3 Å². The molecule has 1 aliphatic heterocycles. The molecule has 0 spiro atoms. The number of ether oxygens (including phenoxy) is 1. The van der Waals surface area contributed by atoms with Gasteiger partial charge in [0, 0.05) is 13.1 Å². The molecule has 1 aromatic carbocycles. The van der Waals surface area contributed by atoms with Gasteiger partial charge in [-0.25, -0.2) is 4.79 Å². The van der Waals surface area contributed by atoms with Gasteiger partial charge in [-0.2, -0.15) is 0 Å². The minimum Gasteiger partial charge on any atom is -0.444 e. The summed E-state index contributed by atoms with van der Waals surface area (Å²) in [7, 11) is 0. The summed E-state index contributed by atoms with van der Waals surface area (Å²) in [6.45, 7) is 14.5. The molecule has 0 saturated carbocycles. The van der Waals surface area contributed by atoms with Crippen molar-refractivity contribution < 1.29 is 14.3 Å². The fourth-order valence-electron chi connectivity index (χ4n) is 3.39. The van der Waals surface area contributed by atoms with Crippen LogP contribution < -0.4 is 0 Å². The number of carbonyl (C=O) groups is 2. The zero-order valence-electron chi connectivity index (χ0n) is 17.1. The van der Waals surface area contributed by atoms with E-state index in [0.717, 1.165) is 5.56 Å². The number of benzene rings is 1. The second-order valence-corrected chi connectivity index (χ2v) is 8.44. The fraction of sp³-hybridized carbons (Fsp3) is 0.545. The highest BCUT2D eigenvalue weighted by molar-refractivity contribution is 5.87. The van der Waals surface area contributed by atoms with Gasteiger partial charge >= 0.3 is 6.09 Å².